The zero-order chi connectivity index (χ0) is 21.5. The summed E-state index contributed by atoms with van der Waals surface area (Å²) in [4.78, 5) is 23.9. The van der Waals surface area contributed by atoms with Crippen LogP contribution in [0, 0.1) is 18.3 Å². The zero-order valence-electron chi connectivity index (χ0n) is 16.5. The predicted molar refractivity (Wildman–Crippen MR) is 110 cm³/mol. The lowest BCUT2D eigenvalue weighted by atomic mass is 10.1. The molecule has 0 saturated heterocycles. The van der Waals surface area contributed by atoms with Gasteiger partial charge in [-0.05, 0) is 42.3 Å². The standard InChI is InChI=1S/C23H19NO6/c1-15-3-6-18-17(13-23(26)30-20(18)11-15)14-29-22(25)8-5-16-4-7-19(28-10-9-24)21(12-16)27-2/h3-8,11-13H,10,14H2,1-2H3. The summed E-state index contributed by atoms with van der Waals surface area (Å²) >= 11 is 0. The fourth-order valence-corrected chi connectivity index (χ4v) is 2.83. The molecule has 152 valence electrons. The molecule has 0 unspecified atom stereocenters. The van der Waals surface area contributed by atoms with Crippen LogP contribution >= 0.6 is 0 Å². The summed E-state index contributed by atoms with van der Waals surface area (Å²) in [5, 5.41) is 9.33. The molecule has 0 radical (unpaired) electrons. The molecule has 2 aromatic carbocycles. The number of hydrogen-bond donors (Lipinski definition) is 0. The Hall–Kier alpha value is -4.05. The lowest BCUT2D eigenvalue weighted by Gasteiger charge is -2.09. The molecule has 3 aromatic rings. The molecular weight excluding hydrogens is 386 g/mol. The first-order valence-corrected chi connectivity index (χ1v) is 9.06. The number of carbonyl (C=O) groups excluding carboxylic acids is 1. The van der Waals surface area contributed by atoms with E-state index in [4.69, 9.17) is 23.9 Å². The van der Waals surface area contributed by atoms with E-state index in [9.17, 15) is 9.59 Å². The average Bonchev–Trinajstić information content (AvgIpc) is 2.74. The Balaban J connectivity index is 1.69. The summed E-state index contributed by atoms with van der Waals surface area (Å²) in [5.41, 5.74) is 2.18. The van der Waals surface area contributed by atoms with E-state index in [1.54, 1.807) is 30.3 Å². The number of aryl methyl sites for hydroxylation is 1. The van der Waals surface area contributed by atoms with E-state index in [-0.39, 0.29) is 13.2 Å². The molecule has 0 bridgehead atoms. The van der Waals surface area contributed by atoms with Crippen molar-refractivity contribution < 1.29 is 23.4 Å². The van der Waals surface area contributed by atoms with Gasteiger partial charge in [0.25, 0.3) is 0 Å². The van der Waals surface area contributed by atoms with Crippen molar-refractivity contribution in [2.75, 3.05) is 13.7 Å². The van der Waals surface area contributed by atoms with Gasteiger partial charge >= 0.3 is 11.6 Å². The van der Waals surface area contributed by atoms with Crippen molar-refractivity contribution in [2.24, 2.45) is 0 Å². The maximum absolute atomic E-state index is 12.1. The van der Waals surface area contributed by atoms with Crippen LogP contribution in [0.1, 0.15) is 16.7 Å². The Labute approximate surface area is 172 Å². The zero-order valence-corrected chi connectivity index (χ0v) is 16.5. The number of hydrogen-bond acceptors (Lipinski definition) is 7. The monoisotopic (exact) mass is 405 g/mol. The van der Waals surface area contributed by atoms with Crippen LogP contribution in [0.3, 0.4) is 0 Å². The highest BCUT2D eigenvalue weighted by Gasteiger charge is 2.09. The van der Waals surface area contributed by atoms with Crippen LogP contribution in [0.2, 0.25) is 0 Å². The van der Waals surface area contributed by atoms with Crippen molar-refractivity contribution in [3.8, 4) is 17.6 Å². The van der Waals surface area contributed by atoms with Gasteiger partial charge in [0.15, 0.2) is 18.1 Å². The fourth-order valence-electron chi connectivity index (χ4n) is 2.83. The number of carbonyl (C=O) groups is 1. The number of rotatable bonds is 7. The lowest BCUT2D eigenvalue weighted by molar-refractivity contribution is -0.138. The molecule has 0 aliphatic carbocycles. The maximum atomic E-state index is 12.1. The van der Waals surface area contributed by atoms with E-state index in [1.165, 1.54) is 19.3 Å². The SMILES string of the molecule is COc1cc(C=CC(=O)OCc2cc(=O)oc3cc(C)ccc23)ccc1OCC#N. The Morgan fingerprint density at radius 2 is 2.00 bits per heavy atom. The molecule has 30 heavy (non-hydrogen) atoms. The van der Waals surface area contributed by atoms with Gasteiger partial charge in [-0.3, -0.25) is 0 Å². The van der Waals surface area contributed by atoms with Gasteiger partial charge in [0.2, 0.25) is 0 Å². The molecule has 0 atom stereocenters. The average molecular weight is 405 g/mol. The molecule has 0 fully saturated rings. The fraction of sp³-hybridized carbons (Fsp3) is 0.174. The van der Waals surface area contributed by atoms with E-state index in [2.05, 4.69) is 0 Å². The second-order valence-corrected chi connectivity index (χ2v) is 6.39. The smallest absolute Gasteiger partial charge is 0.336 e. The lowest BCUT2D eigenvalue weighted by Crippen LogP contribution is -2.05. The second-order valence-electron chi connectivity index (χ2n) is 6.39. The van der Waals surface area contributed by atoms with Gasteiger partial charge in [-0.15, -0.1) is 0 Å². The Morgan fingerprint density at radius 3 is 2.77 bits per heavy atom. The predicted octanol–water partition coefficient (Wildman–Crippen LogP) is 3.77. The van der Waals surface area contributed by atoms with Gasteiger partial charge in [0.05, 0.1) is 7.11 Å². The van der Waals surface area contributed by atoms with Crippen LogP contribution in [0.25, 0.3) is 17.0 Å². The van der Waals surface area contributed by atoms with Gasteiger partial charge in [-0.25, -0.2) is 9.59 Å². The molecule has 0 spiro atoms. The highest BCUT2D eigenvalue weighted by molar-refractivity contribution is 5.87. The van der Waals surface area contributed by atoms with Gasteiger partial charge in [-0.2, -0.15) is 5.26 Å². The quantitative estimate of drug-likeness (QED) is 0.335. The van der Waals surface area contributed by atoms with Crippen LogP contribution in [0.5, 0.6) is 11.5 Å². The van der Waals surface area contributed by atoms with Crippen LogP contribution in [0.15, 0.2) is 57.8 Å². The minimum atomic E-state index is -0.563. The van der Waals surface area contributed by atoms with Crippen LogP contribution in [-0.2, 0) is 16.1 Å². The van der Waals surface area contributed by atoms with Crippen LogP contribution in [0.4, 0.5) is 0 Å². The number of fused-ring (bicyclic) bond motifs is 1. The van der Waals surface area contributed by atoms with Gasteiger partial charge in [-0.1, -0.05) is 18.2 Å². The molecule has 1 aromatic heterocycles. The first-order valence-electron chi connectivity index (χ1n) is 9.06. The molecular formula is C23H19NO6. The van der Waals surface area contributed by atoms with Gasteiger partial charge < -0.3 is 18.6 Å². The van der Waals surface area contributed by atoms with E-state index >= 15 is 0 Å². The van der Waals surface area contributed by atoms with Crippen LogP contribution < -0.4 is 15.1 Å². The molecule has 0 saturated carbocycles. The Kier molecular flexibility index (Phi) is 6.50. The third-order valence-electron chi connectivity index (χ3n) is 4.25. The molecule has 1 heterocycles. The molecule has 7 heteroatoms. The summed E-state index contributed by atoms with van der Waals surface area (Å²) in [7, 11) is 1.48. The summed E-state index contributed by atoms with van der Waals surface area (Å²) in [5.74, 6) is 0.314. The van der Waals surface area contributed by atoms with Crippen LogP contribution in [-0.4, -0.2) is 19.7 Å². The van der Waals surface area contributed by atoms with Crippen molar-refractivity contribution in [1.82, 2.24) is 0 Å². The highest BCUT2D eigenvalue weighted by atomic mass is 16.5. The van der Waals surface area contributed by atoms with Crippen molar-refractivity contribution in [1.29, 1.82) is 5.26 Å². The van der Waals surface area contributed by atoms with E-state index in [1.807, 2.05) is 25.1 Å². The normalized spacial score (nSPS) is 10.7. The molecule has 0 N–H and O–H groups in total. The first-order chi connectivity index (χ1) is 14.5. The maximum Gasteiger partial charge on any atom is 0.336 e. The van der Waals surface area contributed by atoms with Crippen molar-refractivity contribution in [2.45, 2.75) is 13.5 Å². The number of esters is 1. The van der Waals surface area contributed by atoms with Crippen molar-refractivity contribution >= 4 is 23.0 Å². The number of nitriles is 1. The van der Waals surface area contributed by atoms with Crippen molar-refractivity contribution in [3.63, 3.8) is 0 Å². The largest absolute Gasteiger partial charge is 0.493 e. The highest BCUT2D eigenvalue weighted by Crippen LogP contribution is 2.28. The minimum Gasteiger partial charge on any atom is -0.493 e. The summed E-state index contributed by atoms with van der Waals surface area (Å²) < 4.78 is 21.0. The molecule has 0 aliphatic rings. The summed E-state index contributed by atoms with van der Waals surface area (Å²) in [6.07, 6.45) is 2.85. The third-order valence-corrected chi connectivity index (χ3v) is 4.25. The molecule has 3 rings (SSSR count). The third kappa shape index (κ3) is 5.06. The Bertz CT molecular complexity index is 1200. The van der Waals surface area contributed by atoms with Gasteiger partial charge in [0, 0.05) is 23.1 Å². The van der Waals surface area contributed by atoms with E-state index in [0.717, 1.165) is 10.9 Å². The van der Waals surface area contributed by atoms with Gasteiger partial charge in [0.1, 0.15) is 18.3 Å². The van der Waals surface area contributed by atoms with E-state index < -0.39 is 11.6 Å². The minimum absolute atomic E-state index is 0.0570. The van der Waals surface area contributed by atoms with E-state index in [0.29, 0.717) is 28.2 Å². The molecule has 0 amide bonds. The summed E-state index contributed by atoms with van der Waals surface area (Å²) in [6.45, 7) is 1.75. The molecule has 0 aliphatic heterocycles. The number of ether oxygens (including phenoxy) is 3. The second kappa shape index (κ2) is 9.43. The number of nitrogens with zero attached hydrogens (tertiary/aromatic N) is 1. The molecule has 7 nitrogen and oxygen atoms in total. The van der Waals surface area contributed by atoms with Crippen molar-refractivity contribution in [3.05, 3.63) is 75.7 Å². The number of benzene rings is 2. The number of methoxy groups -OCH3 is 1. The topological polar surface area (TPSA) is 98.8 Å². The first kappa shape index (κ1) is 20.7. The summed E-state index contributed by atoms with van der Waals surface area (Å²) in [6, 6.07) is 13.7. The Morgan fingerprint density at radius 1 is 1.17 bits per heavy atom.